The first-order valence-corrected chi connectivity index (χ1v) is 14.8. The number of aryl methyl sites for hydroxylation is 3. The topological polar surface area (TPSA) is 3.88 Å². The monoisotopic (exact) mass is 486 g/mol. The van der Waals surface area contributed by atoms with Crippen molar-refractivity contribution in [3.8, 4) is 11.3 Å². The molecule has 5 rings (SSSR count). The number of nitrogens with zero attached hydrogens (tertiary/aromatic N) is 1. The number of hydrogen-bond donors (Lipinski definition) is 0. The summed E-state index contributed by atoms with van der Waals surface area (Å²) in [5.41, 5.74) is 5.18. The zero-order valence-electron chi connectivity index (χ0n) is 22.3. The average Bonchev–Trinajstić information content (AvgIpc) is 2.87. The Kier molecular flexibility index (Phi) is 6.18. The van der Waals surface area contributed by atoms with Gasteiger partial charge in [0.1, 0.15) is 7.05 Å². The number of fused-ring (bicyclic) bond motifs is 1. The van der Waals surface area contributed by atoms with E-state index in [0.29, 0.717) is 0 Å². The van der Waals surface area contributed by atoms with Crippen molar-refractivity contribution >= 4 is 34.4 Å². The van der Waals surface area contributed by atoms with Crippen molar-refractivity contribution in [3.63, 3.8) is 0 Å². The predicted octanol–water partition coefficient (Wildman–Crippen LogP) is 6.22. The molecule has 0 atom stereocenters. The Hall–Kier alpha value is -3.49. The SMILES string of the molecule is Cc1ccc(C)c(-c2c3ccc([Si](c4ccccc4)(c4ccccc4)C(C)(C)C)cc3cc[n+]2C)c1. The Morgan fingerprint density at radius 3 is 1.83 bits per heavy atom. The van der Waals surface area contributed by atoms with Gasteiger partial charge in [0.05, 0.1) is 5.39 Å². The molecular weight excluding hydrogens is 450 g/mol. The Balaban J connectivity index is 1.84. The summed E-state index contributed by atoms with van der Waals surface area (Å²) in [4.78, 5) is 0. The van der Waals surface area contributed by atoms with Gasteiger partial charge in [-0.2, -0.15) is 0 Å². The molecule has 0 aliphatic carbocycles. The molecule has 0 saturated heterocycles. The highest BCUT2D eigenvalue weighted by molar-refractivity contribution is 7.13. The highest BCUT2D eigenvalue weighted by atomic mass is 28.3. The molecule has 0 spiro atoms. The van der Waals surface area contributed by atoms with Crippen LogP contribution in [0.1, 0.15) is 31.9 Å². The van der Waals surface area contributed by atoms with E-state index in [2.05, 4.69) is 156 Å². The molecule has 0 fully saturated rings. The maximum Gasteiger partial charge on any atom is 0.220 e. The number of benzene rings is 4. The van der Waals surface area contributed by atoms with Gasteiger partial charge in [-0.3, -0.25) is 0 Å². The van der Waals surface area contributed by atoms with Gasteiger partial charge in [0.15, 0.2) is 14.3 Å². The Bertz CT molecular complexity index is 1490. The molecule has 0 radical (unpaired) electrons. The lowest BCUT2D eigenvalue weighted by atomic mass is 9.98. The van der Waals surface area contributed by atoms with Crippen LogP contribution < -0.4 is 20.1 Å². The average molecular weight is 487 g/mol. The molecule has 0 N–H and O–H groups in total. The fourth-order valence-electron chi connectivity index (χ4n) is 6.11. The van der Waals surface area contributed by atoms with E-state index in [0.717, 1.165) is 0 Å². The highest BCUT2D eigenvalue weighted by Gasteiger charge is 2.49. The van der Waals surface area contributed by atoms with Crippen LogP contribution in [0.2, 0.25) is 5.04 Å². The summed E-state index contributed by atoms with van der Waals surface area (Å²) in [7, 11) is -0.220. The second kappa shape index (κ2) is 9.18. The van der Waals surface area contributed by atoms with E-state index in [1.165, 1.54) is 48.7 Å². The zero-order chi connectivity index (χ0) is 25.5. The van der Waals surface area contributed by atoms with Crippen LogP contribution in [0, 0.1) is 13.8 Å². The first kappa shape index (κ1) is 24.2. The molecule has 0 aliphatic heterocycles. The second-order valence-corrected chi connectivity index (χ2v) is 15.9. The van der Waals surface area contributed by atoms with Crippen molar-refractivity contribution < 1.29 is 4.57 Å². The van der Waals surface area contributed by atoms with Crippen LogP contribution in [-0.4, -0.2) is 8.07 Å². The van der Waals surface area contributed by atoms with Gasteiger partial charge in [-0.15, -0.1) is 0 Å². The van der Waals surface area contributed by atoms with Gasteiger partial charge in [0.2, 0.25) is 5.69 Å². The molecule has 1 aromatic heterocycles. The maximum atomic E-state index is 2.49. The van der Waals surface area contributed by atoms with Gasteiger partial charge < -0.3 is 0 Å². The molecule has 1 nitrogen and oxygen atoms in total. The van der Waals surface area contributed by atoms with E-state index >= 15 is 0 Å². The van der Waals surface area contributed by atoms with Crippen molar-refractivity contribution in [1.82, 2.24) is 0 Å². The summed E-state index contributed by atoms with van der Waals surface area (Å²) in [5.74, 6) is 0. The molecule has 0 aliphatic rings. The van der Waals surface area contributed by atoms with E-state index in [-0.39, 0.29) is 5.04 Å². The number of hydrogen-bond acceptors (Lipinski definition) is 0. The quantitative estimate of drug-likeness (QED) is 0.161. The predicted molar refractivity (Wildman–Crippen MR) is 157 cm³/mol. The Morgan fingerprint density at radius 2 is 1.25 bits per heavy atom. The zero-order valence-corrected chi connectivity index (χ0v) is 23.3. The minimum Gasteiger partial charge on any atom is -0.200 e. The molecule has 0 amide bonds. The van der Waals surface area contributed by atoms with Crippen LogP contribution in [-0.2, 0) is 7.05 Å². The highest BCUT2D eigenvalue weighted by Crippen LogP contribution is 2.37. The van der Waals surface area contributed by atoms with Crippen molar-refractivity contribution in [2.45, 2.75) is 39.7 Å². The van der Waals surface area contributed by atoms with Crippen LogP contribution in [0.15, 0.2) is 109 Å². The maximum absolute atomic E-state index is 2.49. The Morgan fingerprint density at radius 1 is 0.639 bits per heavy atom. The van der Waals surface area contributed by atoms with Gasteiger partial charge in [-0.25, -0.2) is 4.57 Å². The summed E-state index contributed by atoms with van der Waals surface area (Å²) >= 11 is 0. The van der Waals surface area contributed by atoms with Gasteiger partial charge >= 0.3 is 0 Å². The third-order valence-corrected chi connectivity index (χ3v) is 13.6. The van der Waals surface area contributed by atoms with Crippen molar-refractivity contribution in [3.05, 3.63) is 120 Å². The molecule has 0 bridgehead atoms. The van der Waals surface area contributed by atoms with Crippen LogP contribution in [0.5, 0.6) is 0 Å². The molecule has 2 heteroatoms. The van der Waals surface area contributed by atoms with Crippen LogP contribution >= 0.6 is 0 Å². The first-order chi connectivity index (χ1) is 17.2. The van der Waals surface area contributed by atoms with Crippen molar-refractivity contribution in [1.29, 1.82) is 0 Å². The fourth-order valence-corrected chi connectivity index (χ4v) is 11.8. The molecule has 1 heterocycles. The van der Waals surface area contributed by atoms with Gasteiger partial charge in [-0.1, -0.05) is 111 Å². The molecular formula is C34H36NSi+. The number of aromatic nitrogens is 1. The minimum atomic E-state index is -2.38. The summed E-state index contributed by atoms with van der Waals surface area (Å²) in [6, 6.07) is 38.8. The lowest BCUT2D eigenvalue weighted by Crippen LogP contribution is -2.72. The lowest BCUT2D eigenvalue weighted by Gasteiger charge is -2.44. The van der Waals surface area contributed by atoms with Gasteiger partial charge in [-0.05, 0) is 57.5 Å². The molecule has 4 aromatic carbocycles. The Labute approximate surface area is 217 Å². The standard InChI is InChI=1S/C34H36NSi/c1-25-17-18-26(2)32(23-25)33-31-20-19-30(24-27(31)21-22-35(33)6)36(34(3,4)5,28-13-9-7-10-14-28)29-15-11-8-12-16-29/h7-24H,1-6H3/q+1. The van der Waals surface area contributed by atoms with E-state index in [1.807, 2.05) is 0 Å². The summed E-state index contributed by atoms with van der Waals surface area (Å²) < 4.78 is 2.27. The summed E-state index contributed by atoms with van der Waals surface area (Å²) in [5, 5.41) is 7.04. The third-order valence-electron chi connectivity index (χ3n) is 7.76. The van der Waals surface area contributed by atoms with Gasteiger partial charge in [0.25, 0.3) is 0 Å². The first-order valence-electron chi connectivity index (χ1n) is 12.8. The summed E-state index contributed by atoms with van der Waals surface area (Å²) in [6.45, 7) is 11.7. The van der Waals surface area contributed by atoms with E-state index in [1.54, 1.807) is 0 Å². The van der Waals surface area contributed by atoms with Crippen LogP contribution in [0.4, 0.5) is 0 Å². The lowest BCUT2D eigenvalue weighted by molar-refractivity contribution is -0.659. The second-order valence-electron chi connectivity index (χ2n) is 11.1. The van der Waals surface area contributed by atoms with Crippen molar-refractivity contribution in [2.24, 2.45) is 7.05 Å². The molecule has 0 saturated carbocycles. The minimum absolute atomic E-state index is 0.0682. The number of rotatable bonds is 4. The van der Waals surface area contributed by atoms with Crippen LogP contribution in [0.3, 0.4) is 0 Å². The number of pyridine rings is 1. The normalized spacial score (nSPS) is 12.2. The fraction of sp³-hybridized carbons (Fsp3) is 0.206. The van der Waals surface area contributed by atoms with Crippen LogP contribution in [0.25, 0.3) is 22.0 Å². The van der Waals surface area contributed by atoms with Crippen molar-refractivity contribution in [2.75, 3.05) is 0 Å². The summed E-state index contributed by atoms with van der Waals surface area (Å²) in [6.07, 6.45) is 2.22. The smallest absolute Gasteiger partial charge is 0.200 e. The molecule has 5 aromatic rings. The van der Waals surface area contributed by atoms with Gasteiger partial charge in [0, 0.05) is 11.6 Å². The molecule has 0 unspecified atom stereocenters. The third kappa shape index (κ3) is 3.90. The largest absolute Gasteiger partial charge is 0.220 e. The van der Waals surface area contributed by atoms with E-state index < -0.39 is 8.07 Å². The van der Waals surface area contributed by atoms with E-state index in [9.17, 15) is 0 Å². The molecule has 36 heavy (non-hydrogen) atoms. The van der Waals surface area contributed by atoms with E-state index in [4.69, 9.17) is 0 Å². The molecule has 180 valence electrons.